The van der Waals surface area contributed by atoms with Gasteiger partial charge in [-0.05, 0) is 17.7 Å². The lowest BCUT2D eigenvalue weighted by atomic mass is 9.93. The van der Waals surface area contributed by atoms with Gasteiger partial charge in [0, 0.05) is 11.5 Å². The number of amidine groups is 1. The molecule has 7 nitrogen and oxygen atoms in total. The second-order valence-electron chi connectivity index (χ2n) is 5.89. The van der Waals surface area contributed by atoms with Gasteiger partial charge in [-0.1, -0.05) is 49.4 Å². The predicted octanol–water partition coefficient (Wildman–Crippen LogP) is 1.57. The number of aliphatic imine (C=N–C) groups is 1. The van der Waals surface area contributed by atoms with E-state index in [1.807, 2.05) is 37.3 Å². The van der Waals surface area contributed by atoms with Crippen LogP contribution in [-0.4, -0.2) is 33.3 Å². The van der Waals surface area contributed by atoms with Crippen molar-refractivity contribution in [3.8, 4) is 0 Å². The van der Waals surface area contributed by atoms with Gasteiger partial charge in [0.25, 0.3) is 15.9 Å². The first-order chi connectivity index (χ1) is 12.4. The molecule has 1 aliphatic heterocycles. The Morgan fingerprint density at radius 2 is 1.77 bits per heavy atom. The van der Waals surface area contributed by atoms with Gasteiger partial charge in [0.1, 0.15) is 11.9 Å². The van der Waals surface area contributed by atoms with E-state index in [0.29, 0.717) is 5.56 Å². The topological polar surface area (TPSA) is 96.9 Å². The summed E-state index contributed by atoms with van der Waals surface area (Å²) < 4.78 is 27.0. The van der Waals surface area contributed by atoms with Crippen LogP contribution in [0.3, 0.4) is 0 Å². The lowest BCUT2D eigenvalue weighted by molar-refractivity contribution is -0.133. The fourth-order valence-electron chi connectivity index (χ4n) is 2.87. The van der Waals surface area contributed by atoms with E-state index in [9.17, 15) is 13.2 Å². The fraction of sp³-hybridized carbons (Fsp3) is 0.222. The summed E-state index contributed by atoms with van der Waals surface area (Å²) >= 11 is 0. The van der Waals surface area contributed by atoms with Crippen molar-refractivity contribution in [2.45, 2.75) is 23.8 Å². The number of hydroxylamine groups is 1. The molecule has 1 amide bonds. The van der Waals surface area contributed by atoms with Crippen LogP contribution in [-0.2, 0) is 19.7 Å². The Morgan fingerprint density at radius 3 is 2.46 bits per heavy atom. The van der Waals surface area contributed by atoms with Crippen molar-refractivity contribution in [1.82, 2.24) is 10.2 Å². The number of hydrogen-bond donors (Lipinski definition) is 2. The van der Waals surface area contributed by atoms with Crippen molar-refractivity contribution in [1.29, 1.82) is 0 Å². The molecule has 0 saturated heterocycles. The third kappa shape index (κ3) is 3.47. The third-order valence-corrected chi connectivity index (χ3v) is 5.60. The lowest BCUT2D eigenvalue weighted by Crippen LogP contribution is -2.38. The number of carbonyl (C=O) groups excluding carboxylic acids is 1. The molecule has 1 heterocycles. The summed E-state index contributed by atoms with van der Waals surface area (Å²) in [5.74, 6) is -0.601. The summed E-state index contributed by atoms with van der Waals surface area (Å²) in [7, 11) is -2.34. The Kier molecular flexibility index (Phi) is 5.06. The molecule has 1 aliphatic rings. The molecule has 0 spiro atoms. The summed E-state index contributed by atoms with van der Waals surface area (Å²) in [6.07, 6.45) is 0. The van der Waals surface area contributed by atoms with Gasteiger partial charge in [0.15, 0.2) is 0 Å². The number of nitrogens with zero attached hydrogens (tertiary/aromatic N) is 1. The van der Waals surface area contributed by atoms with Crippen LogP contribution in [0.2, 0.25) is 0 Å². The largest absolute Gasteiger partial charge is 0.277 e. The number of hydrogen-bond acceptors (Lipinski definition) is 5. The summed E-state index contributed by atoms with van der Waals surface area (Å²) in [5.41, 5.74) is 3.64. The molecular formula is C18H19N3O4S. The molecule has 8 heteroatoms. The van der Waals surface area contributed by atoms with E-state index in [2.05, 4.69) is 15.2 Å². The first kappa shape index (κ1) is 18.1. The molecule has 0 bridgehead atoms. The minimum Gasteiger partial charge on any atom is -0.277 e. The Morgan fingerprint density at radius 1 is 1.12 bits per heavy atom. The Labute approximate surface area is 152 Å². The van der Waals surface area contributed by atoms with Gasteiger partial charge < -0.3 is 0 Å². The summed E-state index contributed by atoms with van der Waals surface area (Å²) in [4.78, 5) is 21.8. The maximum Gasteiger partial charge on any atom is 0.269 e. The number of sulfonamides is 1. The highest BCUT2D eigenvalue weighted by Gasteiger charge is 2.33. The second kappa shape index (κ2) is 7.27. The van der Waals surface area contributed by atoms with Crippen LogP contribution in [0.25, 0.3) is 0 Å². The molecule has 0 saturated carbocycles. The van der Waals surface area contributed by atoms with Crippen LogP contribution in [0, 0.1) is 0 Å². The zero-order valence-electron chi connectivity index (χ0n) is 14.3. The van der Waals surface area contributed by atoms with Crippen LogP contribution in [0.15, 0.2) is 64.5 Å². The van der Waals surface area contributed by atoms with Crippen molar-refractivity contribution >= 4 is 21.8 Å². The smallest absolute Gasteiger partial charge is 0.269 e. The number of nitrogens with one attached hydrogen (secondary N) is 2. The van der Waals surface area contributed by atoms with Crippen LogP contribution in [0.4, 0.5) is 0 Å². The van der Waals surface area contributed by atoms with Crippen molar-refractivity contribution in [3.63, 3.8) is 0 Å². The van der Waals surface area contributed by atoms with E-state index < -0.39 is 22.0 Å². The maximum absolute atomic E-state index is 12.5. The molecule has 2 aromatic carbocycles. The van der Waals surface area contributed by atoms with Gasteiger partial charge in [-0.15, -0.1) is 0 Å². The maximum atomic E-state index is 12.5. The van der Waals surface area contributed by atoms with Crippen molar-refractivity contribution in [2.24, 2.45) is 4.99 Å². The monoisotopic (exact) mass is 373 g/mol. The highest BCUT2D eigenvalue weighted by Crippen LogP contribution is 2.26. The standard InChI is InChI=1S/C18H19N3O4S/c1-12(13-8-4-3-5-9-13)16(18(22)20-25-2)19-17-14-10-6-7-11-15(14)26(23,24)21-17/h3-12,16H,1-2H3,(H,19,21)(H,20,22). The van der Waals surface area contributed by atoms with Gasteiger partial charge >= 0.3 is 0 Å². The molecule has 26 heavy (non-hydrogen) atoms. The highest BCUT2D eigenvalue weighted by molar-refractivity contribution is 7.90. The van der Waals surface area contributed by atoms with Crippen molar-refractivity contribution in [2.75, 3.05) is 7.11 Å². The minimum atomic E-state index is -3.67. The molecule has 3 rings (SSSR count). The number of benzene rings is 2. The third-order valence-electron chi connectivity index (χ3n) is 4.20. The highest BCUT2D eigenvalue weighted by atomic mass is 32.2. The zero-order valence-corrected chi connectivity index (χ0v) is 15.2. The van der Waals surface area contributed by atoms with E-state index >= 15 is 0 Å². The Balaban J connectivity index is 2.04. The van der Waals surface area contributed by atoms with Gasteiger partial charge in [-0.2, -0.15) is 0 Å². The second-order valence-corrected chi connectivity index (χ2v) is 7.54. The predicted molar refractivity (Wildman–Crippen MR) is 97.1 cm³/mol. The molecule has 2 aromatic rings. The molecule has 0 aliphatic carbocycles. The number of fused-ring (bicyclic) bond motifs is 1. The Bertz CT molecular complexity index is 942. The van der Waals surface area contributed by atoms with E-state index in [1.54, 1.807) is 18.2 Å². The van der Waals surface area contributed by atoms with Crippen LogP contribution < -0.4 is 10.2 Å². The zero-order chi connectivity index (χ0) is 18.7. The van der Waals surface area contributed by atoms with Gasteiger partial charge in [-0.25, -0.2) is 13.9 Å². The van der Waals surface area contributed by atoms with Crippen LogP contribution in [0.5, 0.6) is 0 Å². The van der Waals surface area contributed by atoms with Gasteiger partial charge in [-0.3, -0.25) is 19.3 Å². The summed E-state index contributed by atoms with van der Waals surface area (Å²) in [6.45, 7) is 1.86. The number of amides is 1. The van der Waals surface area contributed by atoms with Crippen LogP contribution in [0.1, 0.15) is 24.0 Å². The Hall–Kier alpha value is -2.71. The van der Waals surface area contributed by atoms with Gasteiger partial charge in [0.2, 0.25) is 0 Å². The molecule has 0 aromatic heterocycles. The van der Waals surface area contributed by atoms with Crippen molar-refractivity contribution in [3.05, 3.63) is 65.7 Å². The molecule has 0 radical (unpaired) electrons. The number of rotatable bonds is 5. The SMILES string of the molecule is CONC(=O)C(N=C1NS(=O)(=O)c2ccccc21)C(C)c1ccccc1. The summed E-state index contributed by atoms with van der Waals surface area (Å²) in [6, 6.07) is 15.1. The molecule has 2 unspecified atom stereocenters. The van der Waals surface area contributed by atoms with E-state index in [4.69, 9.17) is 4.84 Å². The first-order valence-electron chi connectivity index (χ1n) is 8.02. The van der Waals surface area contributed by atoms with Crippen LogP contribution >= 0.6 is 0 Å². The average Bonchev–Trinajstić information content (AvgIpc) is 2.91. The van der Waals surface area contributed by atoms with E-state index in [0.717, 1.165) is 5.56 Å². The lowest BCUT2D eigenvalue weighted by Gasteiger charge is -2.20. The molecule has 2 atom stereocenters. The summed E-state index contributed by atoms with van der Waals surface area (Å²) in [5, 5.41) is 0. The number of carbonyl (C=O) groups is 1. The fourth-order valence-corrected chi connectivity index (χ4v) is 4.11. The first-order valence-corrected chi connectivity index (χ1v) is 9.50. The normalized spacial score (nSPS) is 18.6. The van der Waals surface area contributed by atoms with Gasteiger partial charge in [0.05, 0.1) is 12.0 Å². The molecule has 136 valence electrons. The van der Waals surface area contributed by atoms with E-state index in [-0.39, 0.29) is 16.6 Å². The minimum absolute atomic E-state index is 0.150. The van der Waals surface area contributed by atoms with E-state index in [1.165, 1.54) is 13.2 Å². The molecule has 0 fully saturated rings. The quantitative estimate of drug-likeness (QED) is 0.778. The molecular weight excluding hydrogens is 354 g/mol. The molecule has 2 N–H and O–H groups in total. The van der Waals surface area contributed by atoms with Crippen molar-refractivity contribution < 1.29 is 18.0 Å². The average molecular weight is 373 g/mol.